The molecule has 0 spiro atoms. The van der Waals surface area contributed by atoms with Crippen molar-refractivity contribution in [3.05, 3.63) is 30.1 Å². The lowest BCUT2D eigenvalue weighted by Crippen LogP contribution is -2.24. The fraction of sp³-hybridized carbons (Fsp3) is 0.462. The van der Waals surface area contributed by atoms with Crippen molar-refractivity contribution in [2.45, 2.75) is 31.9 Å². The smallest absolute Gasteiger partial charge is 0.161 e. The summed E-state index contributed by atoms with van der Waals surface area (Å²) in [4.78, 5) is 4.09. The molecule has 5 heteroatoms. The van der Waals surface area contributed by atoms with Crippen molar-refractivity contribution in [3.8, 4) is 0 Å². The summed E-state index contributed by atoms with van der Waals surface area (Å²) >= 11 is 0. The first-order valence-corrected chi connectivity index (χ1v) is 6.15. The van der Waals surface area contributed by atoms with Crippen LogP contribution in [0.1, 0.15) is 19.3 Å². The molecule has 3 nitrogen and oxygen atoms in total. The van der Waals surface area contributed by atoms with Gasteiger partial charge in [0.1, 0.15) is 0 Å². The minimum absolute atomic E-state index is 0.143. The van der Waals surface area contributed by atoms with Crippen LogP contribution in [0.3, 0.4) is 0 Å². The van der Waals surface area contributed by atoms with Gasteiger partial charge in [0.25, 0.3) is 0 Å². The van der Waals surface area contributed by atoms with Crippen molar-refractivity contribution in [2.24, 2.45) is 0 Å². The van der Waals surface area contributed by atoms with Crippen molar-refractivity contribution in [2.75, 3.05) is 6.61 Å². The van der Waals surface area contributed by atoms with E-state index in [9.17, 15) is 8.78 Å². The van der Waals surface area contributed by atoms with Crippen LogP contribution in [-0.2, 0) is 11.3 Å². The van der Waals surface area contributed by atoms with Gasteiger partial charge in [0.15, 0.2) is 11.6 Å². The first-order valence-electron chi connectivity index (χ1n) is 6.15. The molecule has 1 aliphatic heterocycles. The maximum absolute atomic E-state index is 13.2. The minimum atomic E-state index is -0.860. The Kier molecular flexibility index (Phi) is 2.99. The molecule has 0 saturated carbocycles. The van der Waals surface area contributed by atoms with E-state index in [1.165, 1.54) is 6.07 Å². The van der Waals surface area contributed by atoms with Gasteiger partial charge in [0, 0.05) is 18.7 Å². The summed E-state index contributed by atoms with van der Waals surface area (Å²) in [6, 6.07) is 2.32. The lowest BCUT2D eigenvalue weighted by molar-refractivity contribution is 0.00660. The van der Waals surface area contributed by atoms with Crippen LogP contribution in [0.5, 0.6) is 0 Å². The predicted octanol–water partition coefficient (Wildman–Crippen LogP) is 2.88. The zero-order chi connectivity index (χ0) is 12.5. The third kappa shape index (κ3) is 2.10. The van der Waals surface area contributed by atoms with Crippen molar-refractivity contribution in [3.63, 3.8) is 0 Å². The van der Waals surface area contributed by atoms with E-state index in [2.05, 4.69) is 4.98 Å². The second-order valence-electron chi connectivity index (χ2n) is 4.64. The van der Waals surface area contributed by atoms with E-state index in [0.717, 1.165) is 31.9 Å². The molecule has 0 bridgehead atoms. The summed E-state index contributed by atoms with van der Waals surface area (Å²) < 4.78 is 33.8. The zero-order valence-corrected chi connectivity index (χ0v) is 9.90. The molecule has 1 unspecified atom stereocenters. The number of aromatic nitrogens is 2. The highest BCUT2D eigenvalue weighted by Crippen LogP contribution is 2.20. The molecule has 1 aromatic heterocycles. The van der Waals surface area contributed by atoms with E-state index in [4.69, 9.17) is 4.74 Å². The van der Waals surface area contributed by atoms with Gasteiger partial charge in [-0.1, -0.05) is 0 Å². The van der Waals surface area contributed by atoms with Crippen molar-refractivity contribution < 1.29 is 13.5 Å². The van der Waals surface area contributed by atoms with E-state index < -0.39 is 11.6 Å². The zero-order valence-electron chi connectivity index (χ0n) is 9.90. The minimum Gasteiger partial charge on any atom is -0.376 e. The highest BCUT2D eigenvalue weighted by atomic mass is 19.2. The van der Waals surface area contributed by atoms with Crippen molar-refractivity contribution in [1.29, 1.82) is 0 Å². The molecule has 2 heterocycles. The molecular formula is C13H14F2N2O. The summed E-state index contributed by atoms with van der Waals surface area (Å²) in [7, 11) is 0. The topological polar surface area (TPSA) is 27.1 Å². The summed E-state index contributed by atoms with van der Waals surface area (Å²) in [6.45, 7) is 1.42. The molecule has 0 radical (unpaired) electrons. The Hall–Kier alpha value is -1.49. The van der Waals surface area contributed by atoms with Gasteiger partial charge in [-0.2, -0.15) is 0 Å². The number of ether oxygens (including phenoxy) is 1. The lowest BCUT2D eigenvalue weighted by atomic mass is 10.1. The average molecular weight is 252 g/mol. The number of halogens is 2. The Labute approximate surface area is 103 Å². The quantitative estimate of drug-likeness (QED) is 0.821. The third-order valence-electron chi connectivity index (χ3n) is 3.34. The predicted molar refractivity (Wildman–Crippen MR) is 63.2 cm³/mol. The summed E-state index contributed by atoms with van der Waals surface area (Å²) in [5, 5.41) is 0. The van der Waals surface area contributed by atoms with Crippen LogP contribution in [0.4, 0.5) is 8.78 Å². The first-order chi connectivity index (χ1) is 8.74. The van der Waals surface area contributed by atoms with Crippen molar-refractivity contribution >= 4 is 11.0 Å². The Morgan fingerprint density at radius 3 is 2.89 bits per heavy atom. The first kappa shape index (κ1) is 11.6. The summed E-state index contributed by atoms with van der Waals surface area (Å²) in [6.07, 6.45) is 5.01. The maximum Gasteiger partial charge on any atom is 0.161 e. The molecule has 3 rings (SSSR count). The second-order valence-corrected chi connectivity index (χ2v) is 4.64. The Bertz CT molecular complexity index is 561. The van der Waals surface area contributed by atoms with Crippen LogP contribution in [0.25, 0.3) is 11.0 Å². The van der Waals surface area contributed by atoms with E-state index in [-0.39, 0.29) is 6.10 Å². The number of hydrogen-bond donors (Lipinski definition) is 0. The summed E-state index contributed by atoms with van der Waals surface area (Å²) in [5.41, 5.74) is 1.09. The molecule has 1 aromatic carbocycles. The van der Waals surface area contributed by atoms with Crippen LogP contribution >= 0.6 is 0 Å². The van der Waals surface area contributed by atoms with Gasteiger partial charge < -0.3 is 9.30 Å². The fourth-order valence-corrected chi connectivity index (χ4v) is 2.37. The van der Waals surface area contributed by atoms with Crippen LogP contribution < -0.4 is 0 Å². The highest BCUT2D eigenvalue weighted by molar-refractivity contribution is 5.75. The molecule has 96 valence electrons. The fourth-order valence-electron chi connectivity index (χ4n) is 2.37. The molecule has 0 aliphatic carbocycles. The van der Waals surface area contributed by atoms with E-state index in [1.807, 2.05) is 4.57 Å². The SMILES string of the molecule is Fc1cc2ncn(CC3CCCCO3)c2cc1F. The van der Waals surface area contributed by atoms with Crippen molar-refractivity contribution in [1.82, 2.24) is 9.55 Å². The number of imidazole rings is 1. The van der Waals surface area contributed by atoms with Gasteiger partial charge in [-0.05, 0) is 19.3 Å². The molecule has 0 N–H and O–H groups in total. The van der Waals surface area contributed by atoms with Gasteiger partial charge in [-0.15, -0.1) is 0 Å². The second kappa shape index (κ2) is 4.65. The van der Waals surface area contributed by atoms with E-state index in [0.29, 0.717) is 17.6 Å². The molecule has 0 amide bonds. The molecular weight excluding hydrogens is 238 g/mol. The number of benzene rings is 1. The number of fused-ring (bicyclic) bond motifs is 1. The normalized spacial score (nSPS) is 20.4. The number of nitrogens with zero attached hydrogens (tertiary/aromatic N) is 2. The average Bonchev–Trinajstić information content (AvgIpc) is 2.74. The molecule has 1 aliphatic rings. The largest absolute Gasteiger partial charge is 0.376 e. The number of rotatable bonds is 2. The van der Waals surface area contributed by atoms with E-state index in [1.54, 1.807) is 6.33 Å². The summed E-state index contributed by atoms with van der Waals surface area (Å²) in [5.74, 6) is -1.70. The van der Waals surface area contributed by atoms with Crippen LogP contribution in [0.15, 0.2) is 18.5 Å². The van der Waals surface area contributed by atoms with Crippen LogP contribution in [0, 0.1) is 11.6 Å². The Morgan fingerprint density at radius 2 is 2.11 bits per heavy atom. The van der Waals surface area contributed by atoms with Gasteiger partial charge in [0.05, 0.1) is 30.0 Å². The standard InChI is InChI=1S/C13H14F2N2O/c14-10-5-12-13(6-11(10)15)17(8-16-12)7-9-3-1-2-4-18-9/h5-6,8-9H,1-4,7H2. The lowest BCUT2D eigenvalue weighted by Gasteiger charge is -2.23. The maximum atomic E-state index is 13.2. The molecule has 2 aromatic rings. The van der Waals surface area contributed by atoms with Crippen LogP contribution in [0.2, 0.25) is 0 Å². The Balaban J connectivity index is 1.89. The Morgan fingerprint density at radius 1 is 1.28 bits per heavy atom. The van der Waals surface area contributed by atoms with Crippen LogP contribution in [-0.4, -0.2) is 22.3 Å². The van der Waals surface area contributed by atoms with E-state index >= 15 is 0 Å². The molecule has 1 fully saturated rings. The van der Waals surface area contributed by atoms with Gasteiger partial charge in [-0.3, -0.25) is 0 Å². The molecule has 1 atom stereocenters. The third-order valence-corrected chi connectivity index (χ3v) is 3.34. The highest BCUT2D eigenvalue weighted by Gasteiger charge is 2.16. The van der Waals surface area contributed by atoms with Gasteiger partial charge in [0.2, 0.25) is 0 Å². The monoisotopic (exact) mass is 252 g/mol. The number of hydrogen-bond acceptors (Lipinski definition) is 2. The van der Waals surface area contributed by atoms with Gasteiger partial charge >= 0.3 is 0 Å². The molecule has 18 heavy (non-hydrogen) atoms. The molecule has 1 saturated heterocycles. The van der Waals surface area contributed by atoms with Gasteiger partial charge in [-0.25, -0.2) is 13.8 Å².